The lowest BCUT2D eigenvalue weighted by molar-refractivity contribution is -0.145. The smallest absolute Gasteiger partial charge is 0.404 e. The highest BCUT2D eigenvalue weighted by molar-refractivity contribution is 7.54. The molecule has 0 aliphatic carbocycles. The van der Waals surface area contributed by atoms with Gasteiger partial charge in [-0.2, -0.15) is 4.98 Å². The number of anilines is 1. The van der Waals surface area contributed by atoms with Crippen LogP contribution in [0, 0.1) is 5.92 Å². The van der Waals surface area contributed by atoms with Crippen molar-refractivity contribution in [1.29, 1.82) is 0 Å². The lowest BCUT2D eigenvalue weighted by Crippen LogP contribution is -2.51. The van der Waals surface area contributed by atoms with Crippen molar-refractivity contribution in [2.24, 2.45) is 11.7 Å². The molecule has 0 unspecified atom stereocenters. The Labute approximate surface area is 214 Å². The quantitative estimate of drug-likeness (QED) is 0.285. The van der Waals surface area contributed by atoms with Crippen LogP contribution in [0.15, 0.2) is 41.3 Å². The van der Waals surface area contributed by atoms with Gasteiger partial charge in [0.1, 0.15) is 23.7 Å². The zero-order valence-corrected chi connectivity index (χ0v) is 21.8. The maximum atomic E-state index is 13.0. The normalized spacial score (nSPS) is 21.2. The van der Waals surface area contributed by atoms with Gasteiger partial charge in [0.2, 0.25) is 5.91 Å². The number of aromatic nitrogens is 2. The first-order chi connectivity index (χ1) is 17.5. The van der Waals surface area contributed by atoms with Crippen LogP contribution < -0.4 is 27.0 Å². The molecule has 5 N–H and O–H groups in total. The minimum Gasteiger partial charge on any atom is -0.467 e. The molecule has 1 aliphatic rings. The molecule has 202 valence electrons. The summed E-state index contributed by atoms with van der Waals surface area (Å²) >= 11 is 0. The minimum atomic E-state index is -3.59. The van der Waals surface area contributed by atoms with Gasteiger partial charge < -0.3 is 30.8 Å². The van der Waals surface area contributed by atoms with E-state index in [4.69, 9.17) is 30.0 Å². The van der Waals surface area contributed by atoms with Crippen molar-refractivity contribution in [3.8, 4) is 5.75 Å². The maximum absolute atomic E-state index is 13.0. The Morgan fingerprint density at radius 3 is 2.54 bits per heavy atom. The van der Waals surface area contributed by atoms with Gasteiger partial charge in [-0.05, 0) is 29.7 Å². The van der Waals surface area contributed by atoms with Crippen LogP contribution in [-0.4, -0.2) is 59.7 Å². The highest BCUT2D eigenvalue weighted by atomic mass is 31.2. The summed E-state index contributed by atoms with van der Waals surface area (Å²) in [7, 11) is -2.35. The van der Waals surface area contributed by atoms with Crippen LogP contribution in [-0.2, 0) is 41.1 Å². The van der Waals surface area contributed by atoms with E-state index < -0.39 is 43.3 Å². The molecule has 1 fully saturated rings. The van der Waals surface area contributed by atoms with E-state index >= 15 is 0 Å². The second kappa shape index (κ2) is 12.3. The van der Waals surface area contributed by atoms with Gasteiger partial charge in [0.05, 0.1) is 26.3 Å². The highest BCUT2D eigenvalue weighted by Gasteiger charge is 2.35. The number of nitrogens with zero attached hydrogens (tertiary/aromatic N) is 2. The highest BCUT2D eigenvalue weighted by Crippen LogP contribution is 2.50. The van der Waals surface area contributed by atoms with E-state index in [1.54, 1.807) is 38.1 Å². The van der Waals surface area contributed by atoms with E-state index in [9.17, 15) is 18.9 Å². The number of carbonyl (C=O) groups is 2. The molecule has 0 radical (unpaired) electrons. The second-order valence-corrected chi connectivity index (χ2v) is 10.8. The second-order valence-electron chi connectivity index (χ2n) is 8.91. The molecule has 0 spiro atoms. The minimum absolute atomic E-state index is 0.0504. The first-order valence-corrected chi connectivity index (χ1v) is 13.3. The van der Waals surface area contributed by atoms with Crippen molar-refractivity contribution < 1.29 is 32.7 Å². The van der Waals surface area contributed by atoms with Gasteiger partial charge in [-0.3, -0.25) is 13.9 Å². The molecular weight excluding hydrogens is 505 g/mol. The Hall–Kier alpha value is -3.25. The van der Waals surface area contributed by atoms with Gasteiger partial charge in [-0.15, -0.1) is 0 Å². The molecule has 2 heterocycles. The largest absolute Gasteiger partial charge is 0.467 e. The van der Waals surface area contributed by atoms with Crippen LogP contribution in [0.2, 0.25) is 0 Å². The topological polar surface area (TPSA) is 187 Å². The molecule has 13 nitrogen and oxygen atoms in total. The number of ether oxygens (including phenoxy) is 2. The summed E-state index contributed by atoms with van der Waals surface area (Å²) < 4.78 is 35.7. The SMILES string of the molecule is COC(=O)[C@H](Cc1ccc(O[P@@]2(=O)CO[C@@H](Cn3ccc(N)nc3=O)CO2)cc1)NC(=O)[C@@H](N)C(C)C. The fourth-order valence-corrected chi connectivity index (χ4v) is 4.84. The van der Waals surface area contributed by atoms with Gasteiger partial charge in [0, 0.05) is 12.6 Å². The molecule has 0 bridgehead atoms. The summed E-state index contributed by atoms with van der Waals surface area (Å²) in [5.41, 5.74) is 11.5. The Kier molecular flexibility index (Phi) is 9.44. The molecule has 0 saturated carbocycles. The summed E-state index contributed by atoms with van der Waals surface area (Å²) in [6, 6.07) is 6.27. The number of nitrogen functional groups attached to an aromatic ring is 1. The average molecular weight is 538 g/mol. The zero-order valence-electron chi connectivity index (χ0n) is 20.9. The predicted octanol–water partition coefficient (Wildman–Crippen LogP) is 0.654. The van der Waals surface area contributed by atoms with Crippen LogP contribution >= 0.6 is 7.60 Å². The standard InChI is InChI=1S/C23H32N5O8P/c1-14(2)20(25)21(29)26-18(22(30)33-3)10-15-4-6-16(7-5-15)36-37(32)13-34-17(12-35-37)11-28-9-8-19(24)27-23(28)31/h4-9,14,17-18,20H,10-13,25H2,1-3H3,(H,26,29)(H2,24,27,31)/t17-,18-,20-,37+/m0/s1. The Balaban J connectivity index is 1.56. The van der Waals surface area contributed by atoms with E-state index in [1.165, 1.54) is 23.9 Å². The summed E-state index contributed by atoms with van der Waals surface area (Å²) in [4.78, 5) is 40.1. The van der Waals surface area contributed by atoms with Gasteiger partial charge >= 0.3 is 19.3 Å². The van der Waals surface area contributed by atoms with E-state index in [0.717, 1.165) is 0 Å². The summed E-state index contributed by atoms with van der Waals surface area (Å²) in [6.07, 6.45) is 0.825. The predicted molar refractivity (Wildman–Crippen MR) is 134 cm³/mol. The Morgan fingerprint density at radius 1 is 1.27 bits per heavy atom. The number of amides is 1. The van der Waals surface area contributed by atoms with Crippen molar-refractivity contribution >= 4 is 25.3 Å². The molecule has 1 amide bonds. The summed E-state index contributed by atoms with van der Waals surface area (Å²) in [5, 5.41) is 2.63. The van der Waals surface area contributed by atoms with E-state index in [-0.39, 0.29) is 43.4 Å². The molecule has 14 heteroatoms. The Morgan fingerprint density at radius 2 is 1.97 bits per heavy atom. The molecular formula is C23H32N5O8P. The van der Waals surface area contributed by atoms with Crippen LogP contribution in [0.1, 0.15) is 19.4 Å². The molecule has 4 atom stereocenters. The van der Waals surface area contributed by atoms with E-state index in [2.05, 4.69) is 10.3 Å². The van der Waals surface area contributed by atoms with Crippen molar-refractivity contribution in [3.05, 3.63) is 52.6 Å². The summed E-state index contributed by atoms with van der Waals surface area (Å²) in [5.74, 6) is -0.765. The number of methoxy groups -OCH3 is 1. The van der Waals surface area contributed by atoms with Crippen LogP contribution in [0.4, 0.5) is 5.82 Å². The number of hydrogen-bond acceptors (Lipinski definition) is 11. The Bertz CT molecular complexity index is 1190. The number of benzene rings is 1. The number of hydrogen-bond donors (Lipinski definition) is 3. The summed E-state index contributed by atoms with van der Waals surface area (Å²) in [6.45, 7) is 3.72. The maximum Gasteiger partial charge on any atom is 0.404 e. The zero-order chi connectivity index (χ0) is 27.2. The number of nitrogens with two attached hydrogens (primary N) is 2. The molecule has 1 aliphatic heterocycles. The third kappa shape index (κ3) is 7.86. The fourth-order valence-electron chi connectivity index (χ4n) is 3.43. The van der Waals surface area contributed by atoms with Crippen molar-refractivity contribution in [2.75, 3.05) is 25.8 Å². The van der Waals surface area contributed by atoms with E-state index in [0.29, 0.717) is 5.56 Å². The number of nitrogens with one attached hydrogen (secondary N) is 1. The van der Waals surface area contributed by atoms with E-state index in [1.807, 2.05) is 0 Å². The molecule has 37 heavy (non-hydrogen) atoms. The van der Waals surface area contributed by atoms with Crippen LogP contribution in [0.25, 0.3) is 0 Å². The third-order valence-corrected chi connectivity index (χ3v) is 7.15. The lowest BCUT2D eigenvalue weighted by atomic mass is 10.0. The molecule has 1 saturated heterocycles. The van der Waals surface area contributed by atoms with Crippen LogP contribution in [0.5, 0.6) is 5.75 Å². The molecule has 1 aromatic heterocycles. The average Bonchev–Trinajstić information content (AvgIpc) is 2.86. The van der Waals surface area contributed by atoms with Crippen molar-refractivity contribution in [1.82, 2.24) is 14.9 Å². The van der Waals surface area contributed by atoms with Gasteiger partial charge in [-0.25, -0.2) is 14.2 Å². The molecule has 3 rings (SSSR count). The van der Waals surface area contributed by atoms with Gasteiger partial charge in [0.15, 0.2) is 6.35 Å². The monoisotopic (exact) mass is 537 g/mol. The number of rotatable bonds is 10. The third-order valence-electron chi connectivity index (χ3n) is 5.65. The van der Waals surface area contributed by atoms with Crippen LogP contribution in [0.3, 0.4) is 0 Å². The first-order valence-electron chi connectivity index (χ1n) is 11.6. The number of esters is 1. The lowest BCUT2D eigenvalue weighted by Gasteiger charge is -2.29. The van der Waals surface area contributed by atoms with Crippen molar-refractivity contribution in [3.63, 3.8) is 0 Å². The fraction of sp³-hybridized carbons (Fsp3) is 0.478. The first kappa shape index (κ1) is 28.3. The van der Waals surface area contributed by atoms with Gasteiger partial charge in [0.25, 0.3) is 0 Å². The number of carbonyl (C=O) groups excluding carboxylic acids is 2. The van der Waals surface area contributed by atoms with Gasteiger partial charge in [-0.1, -0.05) is 26.0 Å². The van der Waals surface area contributed by atoms with Crippen molar-refractivity contribution in [2.45, 2.75) is 45.0 Å². The molecule has 2 aromatic rings. The molecule has 1 aromatic carbocycles.